The van der Waals surface area contributed by atoms with Gasteiger partial charge in [-0.1, -0.05) is 0 Å². The first-order chi connectivity index (χ1) is 4.86. The van der Waals surface area contributed by atoms with Gasteiger partial charge in [-0.2, -0.15) is 0 Å². The second-order valence-corrected chi connectivity index (χ2v) is 2.07. The average Bonchev–Trinajstić information content (AvgIpc) is 2.05. The Kier molecular flexibility index (Phi) is 2.14. The standard InChI is InChI=1S/C4H8N4O2/c9-5-7-1-2-8(6-10)4-3-7/h1-4H2. The molecule has 1 aliphatic rings. The second-order valence-electron chi connectivity index (χ2n) is 2.07. The van der Waals surface area contributed by atoms with Crippen molar-refractivity contribution in [3.63, 3.8) is 0 Å². The molecule has 0 aliphatic carbocycles. The Morgan fingerprint density at radius 1 is 0.800 bits per heavy atom. The van der Waals surface area contributed by atoms with Crippen LogP contribution in [-0.2, 0) is 0 Å². The molecular formula is C4H8N4O2. The number of nitroso groups, excluding NO2 is 2. The average molecular weight is 144 g/mol. The summed E-state index contributed by atoms with van der Waals surface area (Å²) in [4.78, 5) is 19.8. The quantitative estimate of drug-likeness (QED) is 0.510. The van der Waals surface area contributed by atoms with E-state index < -0.39 is 0 Å². The van der Waals surface area contributed by atoms with Crippen LogP contribution in [0.2, 0.25) is 0 Å². The Hall–Kier alpha value is -1.20. The third-order valence-electron chi connectivity index (χ3n) is 1.46. The number of piperazine rings is 1. The van der Waals surface area contributed by atoms with Crippen LogP contribution in [-0.4, -0.2) is 36.2 Å². The Morgan fingerprint density at radius 3 is 1.30 bits per heavy atom. The molecule has 0 unspecified atom stereocenters. The Bertz CT molecular complexity index is 115. The SMILES string of the molecule is O=NN1CCN(N=O)CC1. The summed E-state index contributed by atoms with van der Waals surface area (Å²) in [7, 11) is 0. The molecule has 0 amide bonds. The first kappa shape index (κ1) is 6.91. The van der Waals surface area contributed by atoms with Crippen LogP contribution < -0.4 is 0 Å². The van der Waals surface area contributed by atoms with Crippen LogP contribution in [0.25, 0.3) is 0 Å². The highest BCUT2D eigenvalue weighted by atomic mass is 16.3. The minimum atomic E-state index is 0.495. The summed E-state index contributed by atoms with van der Waals surface area (Å²) in [5.74, 6) is 0. The second kappa shape index (κ2) is 3.09. The van der Waals surface area contributed by atoms with Crippen molar-refractivity contribution in [2.24, 2.45) is 10.6 Å². The molecule has 0 radical (unpaired) electrons. The van der Waals surface area contributed by atoms with Gasteiger partial charge in [0, 0.05) is 0 Å². The maximum atomic E-state index is 9.90. The van der Waals surface area contributed by atoms with Gasteiger partial charge in [0.25, 0.3) is 0 Å². The van der Waals surface area contributed by atoms with Crippen LogP contribution in [0.15, 0.2) is 10.6 Å². The van der Waals surface area contributed by atoms with Crippen LogP contribution in [0.4, 0.5) is 0 Å². The molecule has 1 fully saturated rings. The summed E-state index contributed by atoms with van der Waals surface area (Å²) in [6.07, 6.45) is 0. The maximum absolute atomic E-state index is 9.90. The van der Waals surface area contributed by atoms with E-state index in [4.69, 9.17) is 0 Å². The zero-order chi connectivity index (χ0) is 7.40. The molecule has 0 aromatic carbocycles. The summed E-state index contributed by atoms with van der Waals surface area (Å²) in [6, 6.07) is 0. The van der Waals surface area contributed by atoms with E-state index in [1.807, 2.05) is 0 Å². The fourth-order valence-corrected chi connectivity index (χ4v) is 0.849. The van der Waals surface area contributed by atoms with Gasteiger partial charge in [-0.25, -0.2) is 0 Å². The lowest BCUT2D eigenvalue weighted by Gasteiger charge is -2.26. The molecule has 1 aliphatic heterocycles. The highest BCUT2D eigenvalue weighted by Gasteiger charge is 2.14. The van der Waals surface area contributed by atoms with Crippen molar-refractivity contribution in [2.45, 2.75) is 0 Å². The number of rotatable bonds is 2. The third kappa shape index (κ3) is 1.40. The van der Waals surface area contributed by atoms with E-state index in [0.717, 1.165) is 0 Å². The van der Waals surface area contributed by atoms with Gasteiger partial charge in [-0.15, -0.1) is 9.81 Å². The molecule has 0 atom stereocenters. The van der Waals surface area contributed by atoms with E-state index >= 15 is 0 Å². The minimum absolute atomic E-state index is 0.495. The summed E-state index contributed by atoms with van der Waals surface area (Å²) in [5, 5.41) is 8.21. The molecule has 6 heteroatoms. The molecule has 0 aromatic rings. The van der Waals surface area contributed by atoms with Crippen molar-refractivity contribution in [1.82, 2.24) is 10.0 Å². The molecule has 1 rings (SSSR count). The monoisotopic (exact) mass is 144 g/mol. The van der Waals surface area contributed by atoms with Crippen LogP contribution in [0.3, 0.4) is 0 Å². The van der Waals surface area contributed by atoms with Gasteiger partial charge in [-0.05, 0) is 0 Å². The van der Waals surface area contributed by atoms with Gasteiger partial charge in [-0.3, -0.25) is 10.0 Å². The summed E-state index contributed by atoms with van der Waals surface area (Å²) >= 11 is 0. The fraction of sp³-hybridized carbons (Fsp3) is 1.00. The lowest BCUT2D eigenvalue weighted by Crippen LogP contribution is -2.40. The van der Waals surface area contributed by atoms with Crippen molar-refractivity contribution in [1.29, 1.82) is 0 Å². The Morgan fingerprint density at radius 2 is 1.10 bits per heavy atom. The highest BCUT2D eigenvalue weighted by Crippen LogP contribution is 2.00. The predicted octanol–water partition coefficient (Wildman–Crippen LogP) is -0.0332. The smallest absolute Gasteiger partial charge is 0.0586 e. The molecule has 10 heavy (non-hydrogen) atoms. The van der Waals surface area contributed by atoms with Crippen LogP contribution in [0, 0.1) is 9.81 Å². The largest absolute Gasteiger partial charge is 0.257 e. The molecule has 0 saturated carbocycles. The van der Waals surface area contributed by atoms with Crippen molar-refractivity contribution < 1.29 is 0 Å². The topological polar surface area (TPSA) is 65.3 Å². The lowest BCUT2D eigenvalue weighted by molar-refractivity contribution is 0.136. The molecule has 0 spiro atoms. The van der Waals surface area contributed by atoms with Gasteiger partial charge in [0.1, 0.15) is 0 Å². The molecule has 0 bridgehead atoms. The molecule has 0 aromatic heterocycles. The van der Waals surface area contributed by atoms with E-state index in [9.17, 15) is 9.81 Å². The van der Waals surface area contributed by atoms with Crippen molar-refractivity contribution in [3.05, 3.63) is 9.81 Å². The van der Waals surface area contributed by atoms with Crippen molar-refractivity contribution in [2.75, 3.05) is 26.2 Å². The summed E-state index contributed by atoms with van der Waals surface area (Å²) in [5.41, 5.74) is 0. The van der Waals surface area contributed by atoms with Gasteiger partial charge in [0.15, 0.2) is 0 Å². The summed E-state index contributed by atoms with van der Waals surface area (Å²) in [6.45, 7) is 1.98. The van der Waals surface area contributed by atoms with Crippen molar-refractivity contribution >= 4 is 0 Å². The van der Waals surface area contributed by atoms with Gasteiger partial charge >= 0.3 is 0 Å². The fourth-order valence-electron chi connectivity index (χ4n) is 0.849. The Balaban J connectivity index is 2.30. The zero-order valence-electron chi connectivity index (χ0n) is 5.43. The minimum Gasteiger partial charge on any atom is -0.257 e. The molecule has 1 saturated heterocycles. The Labute approximate surface area is 57.7 Å². The van der Waals surface area contributed by atoms with Gasteiger partial charge in [0.05, 0.1) is 36.8 Å². The molecule has 1 heterocycles. The molecule has 6 nitrogen and oxygen atoms in total. The lowest BCUT2D eigenvalue weighted by atomic mass is 10.4. The highest BCUT2D eigenvalue weighted by molar-refractivity contribution is 4.65. The van der Waals surface area contributed by atoms with E-state index in [2.05, 4.69) is 10.6 Å². The van der Waals surface area contributed by atoms with Gasteiger partial charge in [0.2, 0.25) is 0 Å². The maximum Gasteiger partial charge on any atom is 0.0586 e. The third-order valence-corrected chi connectivity index (χ3v) is 1.46. The van der Waals surface area contributed by atoms with Crippen LogP contribution in [0.5, 0.6) is 0 Å². The van der Waals surface area contributed by atoms with Crippen LogP contribution in [0.1, 0.15) is 0 Å². The normalized spacial score (nSPS) is 18.8. The van der Waals surface area contributed by atoms with E-state index in [1.165, 1.54) is 10.0 Å². The van der Waals surface area contributed by atoms with Crippen molar-refractivity contribution in [3.8, 4) is 0 Å². The van der Waals surface area contributed by atoms with Crippen LogP contribution >= 0.6 is 0 Å². The summed E-state index contributed by atoms with van der Waals surface area (Å²) < 4.78 is 0. The molecule has 0 N–H and O–H groups in total. The number of hydrogen-bond donors (Lipinski definition) is 0. The predicted molar refractivity (Wildman–Crippen MR) is 34.7 cm³/mol. The van der Waals surface area contributed by atoms with Gasteiger partial charge < -0.3 is 0 Å². The van der Waals surface area contributed by atoms with E-state index in [1.54, 1.807) is 0 Å². The first-order valence-electron chi connectivity index (χ1n) is 3.03. The number of nitrogens with zero attached hydrogens (tertiary/aromatic N) is 4. The molecule has 56 valence electrons. The number of hydrogen-bond acceptors (Lipinski definition) is 4. The zero-order valence-corrected chi connectivity index (χ0v) is 5.43. The first-order valence-corrected chi connectivity index (χ1v) is 3.03. The van der Waals surface area contributed by atoms with E-state index in [-0.39, 0.29) is 0 Å². The molecular weight excluding hydrogens is 136 g/mol. The van der Waals surface area contributed by atoms with E-state index in [0.29, 0.717) is 26.2 Å².